The van der Waals surface area contributed by atoms with Crippen molar-refractivity contribution in [3.05, 3.63) is 42.2 Å². The van der Waals surface area contributed by atoms with Gasteiger partial charge < -0.3 is 19.4 Å². The highest BCUT2D eigenvalue weighted by Gasteiger charge is 2.18. The minimum Gasteiger partial charge on any atom is -0.486 e. The van der Waals surface area contributed by atoms with E-state index in [1.54, 1.807) is 0 Å². The molecule has 0 bridgehead atoms. The highest BCUT2D eigenvalue weighted by molar-refractivity contribution is 5.81. The van der Waals surface area contributed by atoms with Crippen molar-refractivity contribution in [2.75, 3.05) is 32.2 Å². The Labute approximate surface area is 146 Å². The molecule has 6 heteroatoms. The van der Waals surface area contributed by atoms with Crippen molar-refractivity contribution in [2.45, 2.75) is 6.92 Å². The van der Waals surface area contributed by atoms with Crippen LogP contribution in [0, 0.1) is 6.92 Å². The van der Waals surface area contributed by atoms with E-state index < -0.39 is 0 Å². The first-order valence-corrected chi connectivity index (χ1v) is 8.22. The molecular weight excluding hydrogens is 316 g/mol. The van der Waals surface area contributed by atoms with E-state index in [-0.39, 0.29) is 0 Å². The summed E-state index contributed by atoms with van der Waals surface area (Å²) >= 11 is 0. The lowest BCUT2D eigenvalue weighted by atomic mass is 10.0. The lowest BCUT2D eigenvalue weighted by Gasteiger charge is -2.18. The van der Waals surface area contributed by atoms with Gasteiger partial charge in [0.05, 0.1) is 11.4 Å². The van der Waals surface area contributed by atoms with Crippen LogP contribution in [-0.4, -0.2) is 42.3 Å². The van der Waals surface area contributed by atoms with Crippen molar-refractivity contribution in [3.63, 3.8) is 0 Å². The molecule has 6 nitrogen and oxygen atoms in total. The number of H-pyrrole nitrogens is 1. The van der Waals surface area contributed by atoms with Gasteiger partial charge in [0.2, 0.25) is 5.95 Å². The predicted molar refractivity (Wildman–Crippen MR) is 97.3 cm³/mol. The zero-order valence-electron chi connectivity index (χ0n) is 14.5. The summed E-state index contributed by atoms with van der Waals surface area (Å²) in [5.41, 5.74) is 4.85. The molecule has 0 saturated carbocycles. The molecule has 0 amide bonds. The van der Waals surface area contributed by atoms with Gasteiger partial charge in [-0.25, -0.2) is 4.98 Å². The summed E-state index contributed by atoms with van der Waals surface area (Å²) in [4.78, 5) is 14.5. The second-order valence-electron chi connectivity index (χ2n) is 6.22. The number of aromatic amines is 1. The van der Waals surface area contributed by atoms with E-state index in [0.717, 1.165) is 45.7 Å². The fourth-order valence-electron chi connectivity index (χ4n) is 2.88. The number of rotatable bonds is 3. The number of imidazole rings is 1. The number of aryl methyl sites for hydroxylation is 1. The Balaban J connectivity index is 1.86. The zero-order chi connectivity index (χ0) is 17.4. The second kappa shape index (κ2) is 6.12. The third-order valence-corrected chi connectivity index (χ3v) is 4.12. The molecule has 0 radical (unpaired) electrons. The summed E-state index contributed by atoms with van der Waals surface area (Å²) in [6.07, 6.45) is 1.81. The first-order chi connectivity index (χ1) is 12.1. The van der Waals surface area contributed by atoms with Gasteiger partial charge >= 0.3 is 0 Å². The summed E-state index contributed by atoms with van der Waals surface area (Å²) < 4.78 is 11.3. The summed E-state index contributed by atoms with van der Waals surface area (Å²) in [5, 5.41) is 0. The highest BCUT2D eigenvalue weighted by atomic mass is 16.6. The van der Waals surface area contributed by atoms with E-state index in [4.69, 9.17) is 14.5 Å². The van der Waals surface area contributed by atoms with E-state index in [1.165, 1.54) is 0 Å². The SMILES string of the molecule is Cc1cc(-c2[nH]c(N(C)C)nc2-c2ccc3c(c2)OCCO3)ccn1. The molecule has 0 unspecified atom stereocenters. The predicted octanol–water partition coefficient (Wildman–Crippen LogP) is 3.28. The van der Waals surface area contributed by atoms with Crippen molar-refractivity contribution >= 4 is 5.95 Å². The Morgan fingerprint density at radius 3 is 2.56 bits per heavy atom. The molecule has 1 aliphatic heterocycles. The number of ether oxygens (including phenoxy) is 2. The third-order valence-electron chi connectivity index (χ3n) is 4.12. The largest absolute Gasteiger partial charge is 0.486 e. The number of nitrogens with one attached hydrogen (secondary N) is 1. The lowest BCUT2D eigenvalue weighted by molar-refractivity contribution is 0.171. The van der Waals surface area contributed by atoms with Gasteiger partial charge in [-0.15, -0.1) is 0 Å². The van der Waals surface area contributed by atoms with E-state index in [2.05, 4.69) is 16.0 Å². The van der Waals surface area contributed by atoms with Crippen LogP contribution in [0.3, 0.4) is 0 Å². The molecule has 1 aliphatic rings. The number of pyridine rings is 1. The molecule has 0 aliphatic carbocycles. The van der Waals surface area contributed by atoms with Crippen LogP contribution < -0.4 is 14.4 Å². The fraction of sp³-hybridized carbons (Fsp3) is 0.263. The Bertz CT molecular complexity index is 918. The average molecular weight is 336 g/mol. The maximum Gasteiger partial charge on any atom is 0.203 e. The van der Waals surface area contributed by atoms with Crippen LogP contribution in [0.1, 0.15) is 5.69 Å². The Kier molecular flexibility index (Phi) is 3.80. The molecule has 0 spiro atoms. The molecule has 3 heterocycles. The number of benzene rings is 1. The molecule has 25 heavy (non-hydrogen) atoms. The summed E-state index contributed by atoms with van der Waals surface area (Å²) in [7, 11) is 3.93. The molecule has 0 fully saturated rings. The van der Waals surface area contributed by atoms with Crippen molar-refractivity contribution in [2.24, 2.45) is 0 Å². The first-order valence-electron chi connectivity index (χ1n) is 8.22. The fourth-order valence-corrected chi connectivity index (χ4v) is 2.88. The standard InChI is InChI=1S/C19H20N4O2/c1-12-10-14(6-7-20-12)18-17(21-19(22-18)23(2)3)13-4-5-15-16(11-13)25-9-8-24-15/h4-7,10-11H,8-9H2,1-3H3,(H,21,22). The van der Waals surface area contributed by atoms with E-state index >= 15 is 0 Å². The van der Waals surface area contributed by atoms with Crippen LogP contribution in [0.25, 0.3) is 22.5 Å². The van der Waals surface area contributed by atoms with E-state index in [1.807, 2.05) is 56.4 Å². The monoisotopic (exact) mass is 336 g/mol. The van der Waals surface area contributed by atoms with Gasteiger partial charge in [0, 0.05) is 37.1 Å². The Morgan fingerprint density at radius 1 is 1.00 bits per heavy atom. The van der Waals surface area contributed by atoms with Gasteiger partial charge in [0.25, 0.3) is 0 Å². The van der Waals surface area contributed by atoms with E-state index in [9.17, 15) is 0 Å². The number of hydrogen-bond donors (Lipinski definition) is 1. The van der Waals surface area contributed by atoms with Crippen LogP contribution in [0.5, 0.6) is 11.5 Å². The molecule has 4 rings (SSSR count). The smallest absolute Gasteiger partial charge is 0.203 e. The molecule has 2 aromatic heterocycles. The second-order valence-corrected chi connectivity index (χ2v) is 6.22. The van der Waals surface area contributed by atoms with Gasteiger partial charge in [-0.2, -0.15) is 0 Å². The number of aromatic nitrogens is 3. The van der Waals surface area contributed by atoms with E-state index in [0.29, 0.717) is 13.2 Å². The Hall–Kier alpha value is -3.02. The van der Waals surface area contributed by atoms with Crippen molar-refractivity contribution in [1.82, 2.24) is 15.0 Å². The third kappa shape index (κ3) is 2.91. The first kappa shape index (κ1) is 15.5. The molecule has 0 atom stereocenters. The minimum atomic E-state index is 0.566. The molecule has 0 saturated heterocycles. The van der Waals surface area contributed by atoms with Crippen LogP contribution in [-0.2, 0) is 0 Å². The maximum absolute atomic E-state index is 5.72. The van der Waals surface area contributed by atoms with Crippen molar-refractivity contribution < 1.29 is 9.47 Å². The average Bonchev–Trinajstić information content (AvgIpc) is 3.07. The van der Waals surface area contributed by atoms with Gasteiger partial charge in [-0.3, -0.25) is 4.98 Å². The van der Waals surface area contributed by atoms with Gasteiger partial charge in [-0.1, -0.05) is 0 Å². The summed E-state index contributed by atoms with van der Waals surface area (Å²) in [6.45, 7) is 3.13. The van der Waals surface area contributed by atoms with Crippen molar-refractivity contribution in [3.8, 4) is 34.0 Å². The van der Waals surface area contributed by atoms with Crippen molar-refractivity contribution in [1.29, 1.82) is 0 Å². The number of nitrogens with zero attached hydrogens (tertiary/aromatic N) is 3. The summed E-state index contributed by atoms with van der Waals surface area (Å²) in [6, 6.07) is 9.98. The van der Waals surface area contributed by atoms with Gasteiger partial charge in [0.1, 0.15) is 13.2 Å². The number of hydrogen-bond acceptors (Lipinski definition) is 5. The molecular formula is C19H20N4O2. The van der Waals surface area contributed by atoms with Crippen LogP contribution >= 0.6 is 0 Å². The van der Waals surface area contributed by atoms with Gasteiger partial charge in [0.15, 0.2) is 11.5 Å². The topological polar surface area (TPSA) is 63.3 Å². The zero-order valence-corrected chi connectivity index (χ0v) is 14.5. The Morgan fingerprint density at radius 2 is 1.80 bits per heavy atom. The molecule has 128 valence electrons. The minimum absolute atomic E-state index is 0.566. The number of anilines is 1. The number of fused-ring (bicyclic) bond motifs is 1. The normalized spacial score (nSPS) is 12.9. The molecule has 1 aromatic carbocycles. The molecule has 3 aromatic rings. The highest BCUT2D eigenvalue weighted by Crippen LogP contribution is 2.38. The molecule has 1 N–H and O–H groups in total. The van der Waals surface area contributed by atoms with Crippen LogP contribution in [0.15, 0.2) is 36.5 Å². The maximum atomic E-state index is 5.72. The quantitative estimate of drug-likeness (QED) is 0.795. The van der Waals surface area contributed by atoms with Crippen LogP contribution in [0.4, 0.5) is 5.95 Å². The van der Waals surface area contributed by atoms with Gasteiger partial charge in [-0.05, 0) is 37.3 Å². The summed E-state index contributed by atoms with van der Waals surface area (Å²) in [5.74, 6) is 2.34. The van der Waals surface area contributed by atoms with Crippen LogP contribution in [0.2, 0.25) is 0 Å². The lowest BCUT2D eigenvalue weighted by Crippen LogP contribution is -2.15.